The maximum atomic E-state index is 4.07. The van der Waals surface area contributed by atoms with Crippen LogP contribution in [0.5, 0.6) is 0 Å². The molecule has 0 aromatic carbocycles. The van der Waals surface area contributed by atoms with Gasteiger partial charge in [-0.15, -0.1) is 0 Å². The fourth-order valence-electron chi connectivity index (χ4n) is 1.49. The van der Waals surface area contributed by atoms with Gasteiger partial charge in [0.05, 0.1) is 0 Å². The predicted octanol–water partition coefficient (Wildman–Crippen LogP) is 0.395. The Morgan fingerprint density at radius 3 is 2.86 bits per heavy atom. The second-order valence-electron chi connectivity index (χ2n) is 3.60. The van der Waals surface area contributed by atoms with Crippen LogP contribution < -0.4 is 5.43 Å². The first-order valence-electron chi connectivity index (χ1n) is 4.91. The number of hydrogen-bond acceptors (Lipinski definition) is 5. The Balaban J connectivity index is 1.71. The van der Waals surface area contributed by atoms with Gasteiger partial charge < -0.3 is 4.90 Å². The first kappa shape index (κ1) is 10.0. The average Bonchev–Trinajstić information content (AvgIpc) is 2.70. The third-order valence-electron chi connectivity index (χ3n) is 2.47. The predicted molar refractivity (Wildman–Crippen MR) is 58.0 cm³/mol. The molecular formula is C9H16N4S. The fourth-order valence-corrected chi connectivity index (χ4v) is 2.00. The minimum absolute atomic E-state index is 0.911. The number of aromatic nitrogens is 1. The largest absolute Gasteiger partial charge is 0.304 e. The van der Waals surface area contributed by atoms with Gasteiger partial charge in [-0.05, 0) is 24.6 Å². The van der Waals surface area contributed by atoms with Gasteiger partial charge >= 0.3 is 0 Å². The van der Waals surface area contributed by atoms with E-state index in [9.17, 15) is 0 Å². The second kappa shape index (κ2) is 4.84. The molecule has 1 aromatic heterocycles. The molecule has 0 atom stereocenters. The molecule has 1 aromatic rings. The quantitative estimate of drug-likeness (QED) is 0.785. The van der Waals surface area contributed by atoms with Gasteiger partial charge in [0.1, 0.15) is 0 Å². The van der Waals surface area contributed by atoms with Gasteiger partial charge in [0, 0.05) is 43.8 Å². The number of hydrazine groups is 1. The van der Waals surface area contributed by atoms with E-state index in [2.05, 4.69) is 32.8 Å². The van der Waals surface area contributed by atoms with Crippen molar-refractivity contribution in [1.29, 1.82) is 0 Å². The van der Waals surface area contributed by atoms with E-state index in [1.807, 2.05) is 6.20 Å². The number of likely N-dealkylation sites (N-methyl/N-ethyl adjacent to an activating group) is 1. The SMILES string of the molecule is CN1CCN(NCc2ccns2)CC1. The van der Waals surface area contributed by atoms with Crippen molar-refractivity contribution in [3.63, 3.8) is 0 Å². The monoisotopic (exact) mass is 212 g/mol. The van der Waals surface area contributed by atoms with E-state index < -0.39 is 0 Å². The molecule has 0 amide bonds. The van der Waals surface area contributed by atoms with E-state index in [1.165, 1.54) is 4.88 Å². The zero-order chi connectivity index (χ0) is 9.80. The van der Waals surface area contributed by atoms with Crippen molar-refractivity contribution in [3.05, 3.63) is 17.1 Å². The molecule has 14 heavy (non-hydrogen) atoms. The maximum absolute atomic E-state index is 4.07. The Morgan fingerprint density at radius 2 is 2.21 bits per heavy atom. The summed E-state index contributed by atoms with van der Waals surface area (Å²) in [4.78, 5) is 3.65. The van der Waals surface area contributed by atoms with Crippen molar-refractivity contribution in [3.8, 4) is 0 Å². The van der Waals surface area contributed by atoms with Crippen molar-refractivity contribution in [2.45, 2.75) is 6.54 Å². The molecule has 0 radical (unpaired) electrons. The Hall–Kier alpha value is -0.490. The van der Waals surface area contributed by atoms with E-state index in [0.717, 1.165) is 32.7 Å². The molecule has 0 saturated carbocycles. The molecule has 0 spiro atoms. The van der Waals surface area contributed by atoms with Crippen LogP contribution in [0.4, 0.5) is 0 Å². The molecule has 2 rings (SSSR count). The van der Waals surface area contributed by atoms with E-state index in [-0.39, 0.29) is 0 Å². The van der Waals surface area contributed by atoms with Crippen LogP contribution in [-0.4, -0.2) is 47.5 Å². The molecule has 4 nitrogen and oxygen atoms in total. The second-order valence-corrected chi connectivity index (χ2v) is 4.52. The summed E-state index contributed by atoms with van der Waals surface area (Å²) in [7, 11) is 2.17. The zero-order valence-electron chi connectivity index (χ0n) is 8.44. The van der Waals surface area contributed by atoms with E-state index in [1.54, 1.807) is 11.5 Å². The highest BCUT2D eigenvalue weighted by atomic mass is 32.1. The van der Waals surface area contributed by atoms with Gasteiger partial charge in [-0.3, -0.25) is 0 Å². The smallest absolute Gasteiger partial charge is 0.0463 e. The molecule has 0 unspecified atom stereocenters. The molecule has 1 saturated heterocycles. The van der Waals surface area contributed by atoms with Gasteiger partial charge in [0.25, 0.3) is 0 Å². The summed E-state index contributed by atoms with van der Waals surface area (Å²) >= 11 is 1.56. The lowest BCUT2D eigenvalue weighted by Gasteiger charge is -2.32. The lowest BCUT2D eigenvalue weighted by atomic mass is 10.4. The third kappa shape index (κ3) is 2.75. The van der Waals surface area contributed by atoms with Gasteiger partial charge in [-0.2, -0.15) is 0 Å². The van der Waals surface area contributed by atoms with Gasteiger partial charge in [0.15, 0.2) is 0 Å². The van der Waals surface area contributed by atoms with E-state index in [0.29, 0.717) is 0 Å². The summed E-state index contributed by atoms with van der Waals surface area (Å²) in [5, 5.41) is 2.29. The van der Waals surface area contributed by atoms with Crippen LogP contribution in [-0.2, 0) is 6.54 Å². The summed E-state index contributed by atoms with van der Waals surface area (Å²) in [5.74, 6) is 0. The topological polar surface area (TPSA) is 31.4 Å². The van der Waals surface area contributed by atoms with E-state index >= 15 is 0 Å². The van der Waals surface area contributed by atoms with Gasteiger partial charge in [-0.1, -0.05) is 0 Å². The fraction of sp³-hybridized carbons (Fsp3) is 0.667. The van der Waals surface area contributed by atoms with Crippen molar-refractivity contribution in [2.24, 2.45) is 0 Å². The highest BCUT2D eigenvalue weighted by Crippen LogP contribution is 2.04. The lowest BCUT2D eigenvalue weighted by molar-refractivity contribution is 0.102. The Bertz CT molecular complexity index is 254. The lowest BCUT2D eigenvalue weighted by Crippen LogP contribution is -2.50. The maximum Gasteiger partial charge on any atom is 0.0463 e. The van der Waals surface area contributed by atoms with Crippen LogP contribution in [0.25, 0.3) is 0 Å². The van der Waals surface area contributed by atoms with Crippen LogP contribution in [0.2, 0.25) is 0 Å². The van der Waals surface area contributed by atoms with Gasteiger partial charge in [-0.25, -0.2) is 14.8 Å². The van der Waals surface area contributed by atoms with Gasteiger partial charge in [0.2, 0.25) is 0 Å². The van der Waals surface area contributed by atoms with E-state index in [4.69, 9.17) is 0 Å². The van der Waals surface area contributed by atoms with Crippen LogP contribution in [0.1, 0.15) is 4.88 Å². The van der Waals surface area contributed by atoms with Crippen LogP contribution in [0, 0.1) is 0 Å². The normalized spacial score (nSPS) is 20.1. The Kier molecular flexibility index (Phi) is 3.47. The van der Waals surface area contributed by atoms with Crippen LogP contribution in [0.15, 0.2) is 12.3 Å². The highest BCUT2D eigenvalue weighted by molar-refractivity contribution is 7.05. The standard InChI is InChI=1S/C9H16N4S/c1-12-4-6-13(7-5-12)10-8-9-2-3-11-14-9/h2-3,10H,4-8H2,1H3. The summed E-state index contributed by atoms with van der Waals surface area (Å²) in [6.45, 7) is 5.42. The molecule has 0 bridgehead atoms. The molecule has 1 N–H and O–H groups in total. The minimum atomic E-state index is 0.911. The van der Waals surface area contributed by atoms with Crippen molar-refractivity contribution < 1.29 is 0 Å². The van der Waals surface area contributed by atoms with Crippen molar-refractivity contribution in [2.75, 3.05) is 33.2 Å². The zero-order valence-corrected chi connectivity index (χ0v) is 9.26. The number of nitrogens with zero attached hydrogens (tertiary/aromatic N) is 3. The summed E-state index contributed by atoms with van der Waals surface area (Å²) in [6.07, 6.45) is 1.85. The molecule has 5 heteroatoms. The summed E-state index contributed by atoms with van der Waals surface area (Å²) in [5.41, 5.74) is 3.42. The minimum Gasteiger partial charge on any atom is -0.304 e. The molecule has 1 aliphatic rings. The first-order valence-corrected chi connectivity index (χ1v) is 5.68. The van der Waals surface area contributed by atoms with Crippen molar-refractivity contribution >= 4 is 11.5 Å². The third-order valence-corrected chi connectivity index (χ3v) is 3.21. The summed E-state index contributed by atoms with van der Waals surface area (Å²) in [6, 6.07) is 2.06. The highest BCUT2D eigenvalue weighted by Gasteiger charge is 2.12. The average molecular weight is 212 g/mol. The Morgan fingerprint density at radius 1 is 1.43 bits per heavy atom. The number of nitrogens with one attached hydrogen (secondary N) is 1. The summed E-state index contributed by atoms with van der Waals surface area (Å²) < 4.78 is 4.07. The first-order chi connectivity index (χ1) is 6.84. The molecule has 2 heterocycles. The van der Waals surface area contributed by atoms with Crippen molar-refractivity contribution in [1.82, 2.24) is 19.7 Å². The molecule has 0 aliphatic carbocycles. The molecule has 1 aliphatic heterocycles. The van der Waals surface area contributed by atoms with Crippen LogP contribution >= 0.6 is 11.5 Å². The number of rotatable bonds is 3. The number of piperazine rings is 1. The molecule has 78 valence electrons. The Labute approximate surface area is 88.7 Å². The molecule has 1 fully saturated rings. The molecular weight excluding hydrogens is 196 g/mol. The number of hydrogen-bond donors (Lipinski definition) is 1. The van der Waals surface area contributed by atoms with Crippen LogP contribution in [0.3, 0.4) is 0 Å².